The van der Waals surface area contributed by atoms with Crippen molar-refractivity contribution < 1.29 is 4.79 Å². The number of nitrogens with one attached hydrogen (secondary N) is 3. The number of carbonyl (C=O) groups excluding carboxylic acids is 1. The largest absolute Gasteiger partial charge is 0.324 e. The smallest absolute Gasteiger partial charge is 0.307 e. The van der Waals surface area contributed by atoms with Crippen molar-refractivity contribution in [3.63, 3.8) is 0 Å². The van der Waals surface area contributed by atoms with Gasteiger partial charge in [0.25, 0.3) is 0 Å². The third-order valence-electron chi connectivity index (χ3n) is 3.83. The Morgan fingerprint density at radius 2 is 2.13 bits per heavy atom. The van der Waals surface area contributed by atoms with Crippen LogP contribution in [0.2, 0.25) is 5.02 Å². The molecule has 1 fully saturated rings. The van der Waals surface area contributed by atoms with Crippen molar-refractivity contribution in [1.82, 2.24) is 15.2 Å². The Labute approximate surface area is 137 Å². The number of hydrogen-bond donors (Lipinski definition) is 3. The van der Waals surface area contributed by atoms with Crippen molar-refractivity contribution in [3.8, 4) is 0 Å². The number of fused-ring (bicyclic) bond motifs is 1. The van der Waals surface area contributed by atoms with Crippen LogP contribution in [0.15, 0.2) is 36.5 Å². The summed E-state index contributed by atoms with van der Waals surface area (Å²) < 4.78 is 0. The Hall–Kier alpha value is -2.60. The minimum atomic E-state index is -0.355. The van der Waals surface area contributed by atoms with Crippen LogP contribution in [-0.2, 0) is 0 Å². The highest BCUT2D eigenvalue weighted by atomic mass is 35.5. The first-order chi connectivity index (χ1) is 11.2. The van der Waals surface area contributed by atoms with E-state index in [0.29, 0.717) is 28.0 Å². The topological polar surface area (TPSA) is 82.7 Å². The minimum Gasteiger partial charge on any atom is -0.307 e. The highest BCUT2D eigenvalue weighted by Gasteiger charge is 2.25. The lowest BCUT2D eigenvalue weighted by Crippen LogP contribution is -2.19. The number of hydrogen-bond acceptors (Lipinski definition) is 3. The number of anilines is 2. The van der Waals surface area contributed by atoms with E-state index < -0.39 is 0 Å². The number of amides is 2. The van der Waals surface area contributed by atoms with Crippen LogP contribution in [0.4, 0.5) is 16.3 Å². The fourth-order valence-corrected chi connectivity index (χ4v) is 2.73. The normalized spacial score (nSPS) is 14.0. The third kappa shape index (κ3) is 2.85. The molecule has 2 aromatic heterocycles. The number of nitrogens with zero attached hydrogens (tertiary/aromatic N) is 2. The number of urea groups is 1. The molecule has 4 rings (SSSR count). The first kappa shape index (κ1) is 14.0. The molecule has 7 heteroatoms. The number of aromatic nitrogens is 3. The Bertz CT molecular complexity index is 887. The van der Waals surface area contributed by atoms with Crippen molar-refractivity contribution >= 4 is 40.0 Å². The first-order valence-electron chi connectivity index (χ1n) is 7.37. The van der Waals surface area contributed by atoms with Crippen molar-refractivity contribution in [2.75, 3.05) is 10.6 Å². The van der Waals surface area contributed by atoms with Gasteiger partial charge in [0.15, 0.2) is 5.82 Å². The predicted octanol–water partition coefficient (Wildman–Crippen LogP) is 4.13. The summed E-state index contributed by atoms with van der Waals surface area (Å²) in [5.41, 5.74) is 2.37. The monoisotopic (exact) mass is 327 g/mol. The van der Waals surface area contributed by atoms with Crippen LogP contribution < -0.4 is 10.6 Å². The lowest BCUT2D eigenvalue weighted by Gasteiger charge is -2.09. The summed E-state index contributed by atoms with van der Waals surface area (Å²) in [6.07, 6.45) is 4.02. The van der Waals surface area contributed by atoms with Crippen LogP contribution in [0.5, 0.6) is 0 Å². The van der Waals surface area contributed by atoms with Crippen LogP contribution in [0.25, 0.3) is 10.9 Å². The SMILES string of the molecule is O=C(Nc1cc(C2CC2)[nH]n1)Nc1ccc(Cl)c2ncccc12. The number of rotatable bonds is 3. The molecule has 0 spiro atoms. The quantitative estimate of drug-likeness (QED) is 0.676. The van der Waals surface area contributed by atoms with Crippen molar-refractivity contribution in [3.05, 3.63) is 47.2 Å². The zero-order valence-electron chi connectivity index (χ0n) is 12.1. The third-order valence-corrected chi connectivity index (χ3v) is 4.13. The maximum absolute atomic E-state index is 12.2. The average molecular weight is 328 g/mol. The second kappa shape index (κ2) is 5.55. The van der Waals surface area contributed by atoms with Gasteiger partial charge in [0, 0.05) is 29.3 Å². The van der Waals surface area contributed by atoms with E-state index in [2.05, 4.69) is 25.8 Å². The van der Waals surface area contributed by atoms with Gasteiger partial charge >= 0.3 is 6.03 Å². The molecule has 0 unspecified atom stereocenters. The Morgan fingerprint density at radius 1 is 1.26 bits per heavy atom. The molecule has 0 radical (unpaired) electrons. The first-order valence-corrected chi connectivity index (χ1v) is 7.75. The van der Waals surface area contributed by atoms with E-state index in [-0.39, 0.29) is 6.03 Å². The zero-order chi connectivity index (χ0) is 15.8. The van der Waals surface area contributed by atoms with E-state index in [1.165, 1.54) is 12.8 Å². The molecule has 3 N–H and O–H groups in total. The van der Waals surface area contributed by atoms with E-state index >= 15 is 0 Å². The molecule has 0 saturated heterocycles. The molecule has 0 bridgehead atoms. The molecule has 6 nitrogen and oxygen atoms in total. The molecule has 2 amide bonds. The molecule has 1 aliphatic carbocycles. The van der Waals surface area contributed by atoms with Gasteiger partial charge < -0.3 is 5.32 Å². The fourth-order valence-electron chi connectivity index (χ4n) is 2.52. The number of benzene rings is 1. The van der Waals surface area contributed by atoms with Crippen LogP contribution >= 0.6 is 11.6 Å². The lowest BCUT2D eigenvalue weighted by atomic mass is 10.2. The van der Waals surface area contributed by atoms with Crippen LogP contribution in [0, 0.1) is 0 Å². The Morgan fingerprint density at radius 3 is 2.96 bits per heavy atom. The van der Waals surface area contributed by atoms with Gasteiger partial charge in [-0.05, 0) is 37.1 Å². The van der Waals surface area contributed by atoms with E-state index in [0.717, 1.165) is 11.1 Å². The number of carbonyl (C=O) groups is 1. The lowest BCUT2D eigenvalue weighted by molar-refractivity contribution is 0.262. The molecule has 1 saturated carbocycles. The zero-order valence-corrected chi connectivity index (χ0v) is 12.9. The van der Waals surface area contributed by atoms with Gasteiger partial charge in [-0.15, -0.1) is 0 Å². The molecule has 1 aliphatic rings. The second-order valence-corrected chi connectivity index (χ2v) is 5.96. The summed E-state index contributed by atoms with van der Waals surface area (Å²) >= 11 is 6.13. The molecule has 1 aromatic carbocycles. The maximum Gasteiger partial charge on any atom is 0.324 e. The van der Waals surface area contributed by atoms with E-state index in [9.17, 15) is 4.79 Å². The molecular formula is C16H14ClN5O. The molecule has 0 aliphatic heterocycles. The number of aromatic amines is 1. The van der Waals surface area contributed by atoms with Gasteiger partial charge in [-0.25, -0.2) is 4.79 Å². The number of halogens is 1. The maximum atomic E-state index is 12.2. The van der Waals surface area contributed by atoms with E-state index in [1.807, 2.05) is 12.1 Å². The molecule has 0 atom stereocenters. The predicted molar refractivity (Wildman–Crippen MR) is 90.0 cm³/mol. The van der Waals surface area contributed by atoms with E-state index in [1.54, 1.807) is 24.4 Å². The van der Waals surface area contributed by atoms with Gasteiger partial charge in [0.2, 0.25) is 0 Å². The van der Waals surface area contributed by atoms with Crippen molar-refractivity contribution in [2.45, 2.75) is 18.8 Å². The summed E-state index contributed by atoms with van der Waals surface area (Å²) in [5.74, 6) is 1.08. The second-order valence-electron chi connectivity index (χ2n) is 5.56. The Balaban J connectivity index is 1.53. The molecule has 2 heterocycles. The molecule has 116 valence electrons. The average Bonchev–Trinajstić information content (AvgIpc) is 3.31. The summed E-state index contributed by atoms with van der Waals surface area (Å²) in [7, 11) is 0. The van der Waals surface area contributed by atoms with Gasteiger partial charge in [0.05, 0.1) is 16.2 Å². The highest BCUT2D eigenvalue weighted by molar-refractivity contribution is 6.35. The van der Waals surface area contributed by atoms with Gasteiger partial charge in [0.1, 0.15) is 0 Å². The standard InChI is InChI=1S/C16H14ClN5O/c17-11-5-6-12(10-2-1-7-18-15(10)11)19-16(23)20-14-8-13(21-22-14)9-3-4-9/h1-2,5-9H,3-4H2,(H3,19,20,21,22,23). The molecular weight excluding hydrogens is 314 g/mol. The minimum absolute atomic E-state index is 0.355. The molecule has 23 heavy (non-hydrogen) atoms. The van der Waals surface area contributed by atoms with Crippen LogP contribution in [-0.4, -0.2) is 21.2 Å². The highest BCUT2D eigenvalue weighted by Crippen LogP contribution is 2.39. The molecule has 3 aromatic rings. The summed E-state index contributed by atoms with van der Waals surface area (Å²) in [6.45, 7) is 0. The summed E-state index contributed by atoms with van der Waals surface area (Å²) in [6, 6.07) is 8.66. The van der Waals surface area contributed by atoms with Gasteiger partial charge in [-0.2, -0.15) is 5.10 Å². The number of H-pyrrole nitrogens is 1. The van der Waals surface area contributed by atoms with Crippen molar-refractivity contribution in [2.24, 2.45) is 0 Å². The van der Waals surface area contributed by atoms with Gasteiger partial charge in [-0.1, -0.05) is 11.6 Å². The summed E-state index contributed by atoms with van der Waals surface area (Å²) in [5, 5.41) is 13.9. The Kier molecular flexibility index (Phi) is 3.38. The van der Waals surface area contributed by atoms with Crippen molar-refractivity contribution in [1.29, 1.82) is 0 Å². The van der Waals surface area contributed by atoms with Gasteiger partial charge in [-0.3, -0.25) is 15.4 Å². The number of pyridine rings is 1. The van der Waals surface area contributed by atoms with Crippen LogP contribution in [0.3, 0.4) is 0 Å². The summed E-state index contributed by atoms with van der Waals surface area (Å²) in [4.78, 5) is 16.4. The fraction of sp³-hybridized carbons (Fsp3) is 0.188. The van der Waals surface area contributed by atoms with Crippen LogP contribution in [0.1, 0.15) is 24.5 Å². The van der Waals surface area contributed by atoms with E-state index in [4.69, 9.17) is 11.6 Å².